The molecule has 1 aliphatic heterocycles. The molecule has 9 heteroatoms. The van der Waals surface area contributed by atoms with Crippen molar-refractivity contribution in [2.24, 2.45) is 0 Å². The van der Waals surface area contributed by atoms with Crippen molar-refractivity contribution in [1.82, 2.24) is 14.5 Å². The van der Waals surface area contributed by atoms with Gasteiger partial charge >= 0.3 is 0 Å². The fourth-order valence-corrected chi connectivity index (χ4v) is 3.35. The Morgan fingerprint density at radius 2 is 2.20 bits per heavy atom. The Balaban J connectivity index is 1.55. The largest absolute Gasteiger partial charge is 0.493 e. The predicted octanol–water partition coefficient (Wildman–Crippen LogP) is 1.33. The van der Waals surface area contributed by atoms with E-state index in [1.54, 1.807) is 0 Å². The van der Waals surface area contributed by atoms with Crippen LogP contribution >= 0.6 is 0 Å². The molecule has 8 nitrogen and oxygen atoms in total. The van der Waals surface area contributed by atoms with Gasteiger partial charge in [0.15, 0.2) is 0 Å². The van der Waals surface area contributed by atoms with E-state index in [0.29, 0.717) is 38.0 Å². The average molecular weight is 367 g/mol. The second-order valence-electron chi connectivity index (χ2n) is 5.93. The van der Waals surface area contributed by atoms with E-state index in [1.807, 2.05) is 31.2 Å². The summed E-state index contributed by atoms with van der Waals surface area (Å²) >= 11 is 0. The smallest absolute Gasteiger partial charge is 0.246 e. The molecule has 0 radical (unpaired) electrons. The van der Waals surface area contributed by atoms with Crippen molar-refractivity contribution in [2.45, 2.75) is 19.4 Å². The molecule has 1 aromatic heterocycles. The van der Waals surface area contributed by atoms with Crippen molar-refractivity contribution in [3.8, 4) is 5.75 Å². The lowest BCUT2D eigenvalue weighted by Gasteiger charge is -2.29. The number of morpholine rings is 1. The highest BCUT2D eigenvalue weighted by molar-refractivity contribution is 7.88. The van der Waals surface area contributed by atoms with Crippen LogP contribution in [0.5, 0.6) is 5.75 Å². The van der Waals surface area contributed by atoms with Crippen LogP contribution in [0.25, 0.3) is 0 Å². The van der Waals surface area contributed by atoms with Gasteiger partial charge in [0.2, 0.25) is 21.8 Å². The van der Waals surface area contributed by atoms with Crippen LogP contribution in [-0.2, 0) is 21.2 Å². The standard InChI is InChI=1S/C16H21N3O5S/c1-12-4-3-5-13(10-12)22-8-6-15-17-18-16(24-15)14-11-19(7-9-23-14)25(2,20)21/h3-5,10,14H,6-9,11H2,1-2H3. The van der Waals surface area contributed by atoms with Crippen molar-refractivity contribution in [2.75, 3.05) is 32.6 Å². The first kappa shape index (κ1) is 17.8. The number of hydrogen-bond donors (Lipinski definition) is 0. The predicted molar refractivity (Wildman–Crippen MR) is 89.8 cm³/mol. The summed E-state index contributed by atoms with van der Waals surface area (Å²) in [5, 5.41) is 7.96. The molecular formula is C16H21N3O5S. The molecule has 1 aliphatic rings. The molecule has 1 unspecified atom stereocenters. The highest BCUT2D eigenvalue weighted by Crippen LogP contribution is 2.22. The summed E-state index contributed by atoms with van der Waals surface area (Å²) in [7, 11) is -3.26. The maximum absolute atomic E-state index is 11.7. The zero-order valence-corrected chi connectivity index (χ0v) is 15.0. The minimum atomic E-state index is -3.26. The van der Waals surface area contributed by atoms with Gasteiger partial charge in [0.1, 0.15) is 11.9 Å². The third-order valence-electron chi connectivity index (χ3n) is 3.83. The van der Waals surface area contributed by atoms with Crippen molar-refractivity contribution < 1.29 is 22.3 Å². The minimum Gasteiger partial charge on any atom is -0.493 e. The van der Waals surface area contributed by atoms with E-state index in [4.69, 9.17) is 13.9 Å². The Hall–Kier alpha value is -1.97. The molecule has 1 saturated heterocycles. The van der Waals surface area contributed by atoms with E-state index in [-0.39, 0.29) is 6.54 Å². The molecule has 0 aliphatic carbocycles. The Kier molecular flexibility index (Phi) is 5.36. The van der Waals surface area contributed by atoms with E-state index >= 15 is 0 Å². The number of benzene rings is 1. The Labute approximate surface area is 146 Å². The van der Waals surface area contributed by atoms with Crippen LogP contribution in [-0.4, -0.2) is 55.5 Å². The highest BCUT2D eigenvalue weighted by atomic mass is 32.2. The van der Waals surface area contributed by atoms with Gasteiger partial charge in [-0.05, 0) is 24.6 Å². The molecule has 0 amide bonds. The third kappa shape index (κ3) is 4.77. The molecule has 136 valence electrons. The molecule has 2 heterocycles. The molecular weight excluding hydrogens is 346 g/mol. The monoisotopic (exact) mass is 367 g/mol. The molecule has 3 rings (SSSR count). The van der Waals surface area contributed by atoms with Crippen LogP contribution in [0.4, 0.5) is 0 Å². The van der Waals surface area contributed by atoms with Gasteiger partial charge in [-0.25, -0.2) is 8.42 Å². The maximum atomic E-state index is 11.7. The molecule has 0 bridgehead atoms. The van der Waals surface area contributed by atoms with Crippen molar-refractivity contribution >= 4 is 10.0 Å². The molecule has 1 fully saturated rings. The first-order valence-electron chi connectivity index (χ1n) is 8.00. The summed E-state index contributed by atoms with van der Waals surface area (Å²) in [6.45, 7) is 3.22. The summed E-state index contributed by atoms with van der Waals surface area (Å²) in [4.78, 5) is 0. The molecule has 1 atom stereocenters. The zero-order chi connectivity index (χ0) is 17.9. The molecule has 0 saturated carbocycles. The second kappa shape index (κ2) is 7.51. The normalized spacial score (nSPS) is 19.0. The third-order valence-corrected chi connectivity index (χ3v) is 5.10. The summed E-state index contributed by atoms with van der Waals surface area (Å²) in [5.41, 5.74) is 1.13. The molecule has 0 spiro atoms. The van der Waals surface area contributed by atoms with E-state index in [9.17, 15) is 8.42 Å². The first-order chi connectivity index (χ1) is 11.9. The SMILES string of the molecule is Cc1cccc(OCCc2nnc(C3CN(S(C)(=O)=O)CCO3)o2)c1. The number of hydrogen-bond acceptors (Lipinski definition) is 7. The van der Waals surface area contributed by atoms with Crippen LogP contribution in [0.3, 0.4) is 0 Å². The van der Waals surface area contributed by atoms with Crippen LogP contribution in [0.1, 0.15) is 23.4 Å². The van der Waals surface area contributed by atoms with E-state index in [0.717, 1.165) is 11.3 Å². The topological polar surface area (TPSA) is 94.8 Å². The summed E-state index contributed by atoms with van der Waals surface area (Å²) in [6, 6.07) is 7.78. The Morgan fingerprint density at radius 3 is 2.96 bits per heavy atom. The van der Waals surface area contributed by atoms with Crippen molar-refractivity contribution in [3.05, 3.63) is 41.6 Å². The second-order valence-corrected chi connectivity index (χ2v) is 7.91. The number of ether oxygens (including phenoxy) is 2. The van der Waals surface area contributed by atoms with Crippen LogP contribution in [0.2, 0.25) is 0 Å². The number of sulfonamides is 1. The highest BCUT2D eigenvalue weighted by Gasteiger charge is 2.30. The maximum Gasteiger partial charge on any atom is 0.246 e. The quantitative estimate of drug-likeness (QED) is 0.760. The fourth-order valence-electron chi connectivity index (χ4n) is 2.54. The van der Waals surface area contributed by atoms with Gasteiger partial charge in [0, 0.05) is 13.1 Å². The minimum absolute atomic E-state index is 0.181. The van der Waals surface area contributed by atoms with Crippen LogP contribution in [0.15, 0.2) is 28.7 Å². The van der Waals surface area contributed by atoms with Gasteiger partial charge in [0.25, 0.3) is 0 Å². The summed E-state index contributed by atoms with van der Waals surface area (Å²) in [6.07, 6.45) is 1.10. The van der Waals surface area contributed by atoms with Crippen LogP contribution in [0, 0.1) is 6.92 Å². The molecule has 2 aromatic rings. The van der Waals surface area contributed by atoms with Gasteiger partial charge in [0.05, 0.1) is 25.9 Å². The number of rotatable bonds is 6. The van der Waals surface area contributed by atoms with Gasteiger partial charge in [-0.2, -0.15) is 4.31 Å². The van der Waals surface area contributed by atoms with Gasteiger partial charge in [-0.15, -0.1) is 10.2 Å². The van der Waals surface area contributed by atoms with Crippen molar-refractivity contribution in [1.29, 1.82) is 0 Å². The van der Waals surface area contributed by atoms with E-state index in [1.165, 1.54) is 10.6 Å². The summed E-state index contributed by atoms with van der Waals surface area (Å²) < 4.78 is 41.5. The van der Waals surface area contributed by atoms with Crippen LogP contribution < -0.4 is 4.74 Å². The fraction of sp³-hybridized carbons (Fsp3) is 0.500. The molecule has 0 N–H and O–H groups in total. The lowest BCUT2D eigenvalue weighted by atomic mass is 10.2. The molecule has 1 aromatic carbocycles. The summed E-state index contributed by atoms with van der Waals surface area (Å²) in [5.74, 6) is 1.51. The van der Waals surface area contributed by atoms with Crippen molar-refractivity contribution in [3.63, 3.8) is 0 Å². The number of nitrogens with zero attached hydrogens (tertiary/aromatic N) is 3. The van der Waals surface area contributed by atoms with E-state index < -0.39 is 16.1 Å². The number of aryl methyl sites for hydroxylation is 1. The van der Waals surface area contributed by atoms with E-state index in [2.05, 4.69) is 10.2 Å². The first-order valence-corrected chi connectivity index (χ1v) is 9.85. The van der Waals surface area contributed by atoms with Gasteiger partial charge in [-0.1, -0.05) is 12.1 Å². The average Bonchev–Trinajstić information content (AvgIpc) is 3.03. The van der Waals surface area contributed by atoms with Gasteiger partial charge in [-0.3, -0.25) is 0 Å². The lowest BCUT2D eigenvalue weighted by Crippen LogP contribution is -2.41. The zero-order valence-electron chi connectivity index (χ0n) is 14.2. The molecule has 25 heavy (non-hydrogen) atoms. The number of aromatic nitrogens is 2. The van der Waals surface area contributed by atoms with Gasteiger partial charge < -0.3 is 13.9 Å². The Morgan fingerprint density at radius 1 is 1.36 bits per heavy atom. The Bertz CT molecular complexity index is 821. The lowest BCUT2D eigenvalue weighted by molar-refractivity contribution is -0.0176.